The van der Waals surface area contributed by atoms with E-state index in [1.165, 1.54) is 16.9 Å². The Morgan fingerprint density at radius 1 is 1.35 bits per heavy atom. The van der Waals surface area contributed by atoms with Crippen molar-refractivity contribution >= 4 is 57.3 Å². The Morgan fingerprint density at radius 3 is 2.61 bits per heavy atom. The number of anilines is 1. The molecule has 1 heterocycles. The largest absolute Gasteiger partial charge is 0.300 e. The van der Waals surface area contributed by atoms with Crippen LogP contribution in [0, 0.1) is 5.41 Å². The van der Waals surface area contributed by atoms with Crippen LogP contribution in [-0.4, -0.2) is 20.4 Å². The zero-order valence-electron chi connectivity index (χ0n) is 12.5. The number of aromatic nitrogens is 2. The molecule has 1 aliphatic rings. The minimum absolute atomic E-state index is 0.216. The second-order valence-corrected chi connectivity index (χ2v) is 9.76. The van der Waals surface area contributed by atoms with E-state index in [0.717, 1.165) is 4.34 Å². The molecule has 1 fully saturated rings. The number of rotatable bonds is 5. The molecule has 1 aromatic carbocycles. The summed E-state index contributed by atoms with van der Waals surface area (Å²) in [6.07, 6.45) is 0.445. The second kappa shape index (κ2) is 6.24. The first kappa shape index (κ1) is 17.0. The SMILES string of the molecule is C[C@H](Sc1nnc(NC(=O)[C@@]2(C)CC2(Cl)Cl)s1)c1ccccc1. The minimum atomic E-state index is -0.985. The van der Waals surface area contributed by atoms with Crippen molar-refractivity contribution < 1.29 is 4.79 Å². The number of alkyl halides is 2. The lowest BCUT2D eigenvalue weighted by Gasteiger charge is -2.10. The fourth-order valence-corrected chi connectivity index (χ4v) is 4.86. The Kier molecular flexibility index (Phi) is 4.62. The molecule has 2 atom stereocenters. The molecular formula is C15H15Cl2N3OS2. The van der Waals surface area contributed by atoms with Crippen LogP contribution in [0.4, 0.5) is 5.13 Å². The smallest absolute Gasteiger partial charge is 0.235 e. The van der Waals surface area contributed by atoms with Gasteiger partial charge in [-0.15, -0.1) is 33.4 Å². The van der Waals surface area contributed by atoms with Crippen molar-refractivity contribution in [3.8, 4) is 0 Å². The Bertz CT molecular complexity index is 723. The van der Waals surface area contributed by atoms with Gasteiger partial charge in [-0.2, -0.15) is 0 Å². The van der Waals surface area contributed by atoms with Crippen LogP contribution in [0.2, 0.25) is 0 Å². The summed E-state index contributed by atoms with van der Waals surface area (Å²) >= 11 is 15.0. The van der Waals surface area contributed by atoms with Gasteiger partial charge in [0.1, 0.15) is 4.33 Å². The van der Waals surface area contributed by atoms with Crippen LogP contribution in [0.1, 0.15) is 31.1 Å². The van der Waals surface area contributed by atoms with E-state index < -0.39 is 9.75 Å². The molecule has 1 saturated carbocycles. The molecule has 23 heavy (non-hydrogen) atoms. The molecule has 1 N–H and O–H groups in total. The van der Waals surface area contributed by atoms with Crippen LogP contribution < -0.4 is 5.32 Å². The van der Waals surface area contributed by atoms with Gasteiger partial charge in [0.25, 0.3) is 0 Å². The van der Waals surface area contributed by atoms with Crippen LogP contribution in [0.3, 0.4) is 0 Å². The van der Waals surface area contributed by atoms with Crippen LogP contribution in [-0.2, 0) is 4.79 Å². The van der Waals surface area contributed by atoms with Gasteiger partial charge in [0.15, 0.2) is 4.34 Å². The van der Waals surface area contributed by atoms with E-state index in [1.807, 2.05) is 18.2 Å². The average Bonchev–Trinajstić information content (AvgIpc) is 2.84. The number of hydrogen-bond acceptors (Lipinski definition) is 5. The quantitative estimate of drug-likeness (QED) is 0.449. The van der Waals surface area contributed by atoms with Crippen LogP contribution >= 0.6 is 46.3 Å². The number of carbonyl (C=O) groups excluding carboxylic acids is 1. The molecule has 0 bridgehead atoms. The Hall–Kier alpha value is -0.820. The molecule has 0 unspecified atom stereocenters. The van der Waals surface area contributed by atoms with Gasteiger partial charge in [-0.1, -0.05) is 53.4 Å². The number of carbonyl (C=O) groups is 1. The summed E-state index contributed by atoms with van der Waals surface area (Å²) in [5, 5.41) is 11.6. The number of nitrogens with one attached hydrogen (secondary N) is 1. The lowest BCUT2D eigenvalue weighted by molar-refractivity contribution is -0.120. The molecule has 122 valence electrons. The zero-order chi connectivity index (χ0) is 16.7. The van der Waals surface area contributed by atoms with E-state index in [4.69, 9.17) is 23.2 Å². The summed E-state index contributed by atoms with van der Waals surface area (Å²) in [5.41, 5.74) is 0.463. The van der Waals surface area contributed by atoms with E-state index in [2.05, 4.69) is 34.6 Å². The second-order valence-electron chi connectivity index (χ2n) is 5.71. The molecule has 1 amide bonds. The van der Waals surface area contributed by atoms with Crippen LogP contribution in [0.5, 0.6) is 0 Å². The van der Waals surface area contributed by atoms with E-state index in [-0.39, 0.29) is 11.2 Å². The van der Waals surface area contributed by atoms with Crippen molar-refractivity contribution in [1.29, 1.82) is 0 Å². The number of thioether (sulfide) groups is 1. The number of benzene rings is 1. The van der Waals surface area contributed by atoms with Gasteiger partial charge in [0, 0.05) is 5.25 Å². The van der Waals surface area contributed by atoms with E-state index in [1.54, 1.807) is 18.7 Å². The molecule has 0 spiro atoms. The van der Waals surface area contributed by atoms with Gasteiger partial charge in [0.2, 0.25) is 11.0 Å². The lowest BCUT2D eigenvalue weighted by atomic mass is 10.1. The normalized spacial score (nSPS) is 23.3. The Balaban J connectivity index is 1.62. The molecule has 0 saturated heterocycles. The zero-order valence-corrected chi connectivity index (χ0v) is 15.7. The maximum Gasteiger partial charge on any atom is 0.235 e. The van der Waals surface area contributed by atoms with Gasteiger partial charge in [-0.3, -0.25) is 10.1 Å². The number of nitrogens with zero attached hydrogens (tertiary/aromatic N) is 2. The molecule has 0 radical (unpaired) electrons. The highest BCUT2D eigenvalue weighted by Gasteiger charge is 2.68. The molecule has 4 nitrogen and oxygen atoms in total. The monoisotopic (exact) mass is 387 g/mol. The van der Waals surface area contributed by atoms with Gasteiger partial charge in [-0.25, -0.2) is 0 Å². The summed E-state index contributed by atoms with van der Waals surface area (Å²) in [7, 11) is 0. The molecule has 3 rings (SSSR count). The van der Waals surface area contributed by atoms with Crippen molar-refractivity contribution in [2.75, 3.05) is 5.32 Å². The summed E-state index contributed by atoms with van der Waals surface area (Å²) in [4.78, 5) is 12.2. The summed E-state index contributed by atoms with van der Waals surface area (Å²) < 4.78 is -0.179. The summed E-state index contributed by atoms with van der Waals surface area (Å²) in [6.45, 7) is 3.86. The Labute approximate surface area is 153 Å². The third-order valence-corrected chi connectivity index (χ3v) is 7.11. The maximum absolute atomic E-state index is 12.2. The predicted molar refractivity (Wildman–Crippen MR) is 96.4 cm³/mol. The molecular weight excluding hydrogens is 373 g/mol. The van der Waals surface area contributed by atoms with Gasteiger partial charge < -0.3 is 0 Å². The van der Waals surface area contributed by atoms with E-state index in [9.17, 15) is 4.79 Å². The van der Waals surface area contributed by atoms with E-state index >= 15 is 0 Å². The highest BCUT2D eigenvalue weighted by atomic mass is 35.5. The van der Waals surface area contributed by atoms with Gasteiger partial charge in [-0.05, 0) is 25.8 Å². The van der Waals surface area contributed by atoms with Crippen LogP contribution in [0.25, 0.3) is 0 Å². The molecule has 0 aliphatic heterocycles. The lowest BCUT2D eigenvalue weighted by Crippen LogP contribution is -2.25. The van der Waals surface area contributed by atoms with Crippen molar-refractivity contribution in [2.24, 2.45) is 5.41 Å². The van der Waals surface area contributed by atoms with Gasteiger partial charge in [0.05, 0.1) is 5.41 Å². The van der Waals surface area contributed by atoms with E-state index in [0.29, 0.717) is 11.6 Å². The Morgan fingerprint density at radius 2 is 2.00 bits per heavy atom. The number of halogens is 2. The summed E-state index contributed by atoms with van der Waals surface area (Å²) in [5.74, 6) is -0.216. The first-order valence-corrected chi connectivity index (χ1v) is 9.51. The third-order valence-electron chi connectivity index (χ3n) is 3.93. The fourth-order valence-electron chi connectivity index (χ4n) is 2.13. The standard InChI is InChI=1S/C15H15Cl2N3OS2/c1-9(10-6-4-3-5-7-10)22-13-20-19-12(23-13)18-11(21)14(2)8-15(14,16)17/h3-7,9H,8H2,1-2H3,(H,18,19,21)/t9-,14+/m0/s1. The predicted octanol–water partition coefficient (Wildman–Crippen LogP) is 4.91. The number of amides is 1. The van der Waals surface area contributed by atoms with Crippen molar-refractivity contribution in [1.82, 2.24) is 10.2 Å². The van der Waals surface area contributed by atoms with Crippen LogP contribution in [0.15, 0.2) is 34.7 Å². The maximum atomic E-state index is 12.2. The average molecular weight is 388 g/mol. The third kappa shape index (κ3) is 3.50. The highest BCUT2D eigenvalue weighted by molar-refractivity contribution is 8.01. The molecule has 1 aromatic heterocycles. The van der Waals surface area contributed by atoms with Crippen molar-refractivity contribution in [3.63, 3.8) is 0 Å². The highest BCUT2D eigenvalue weighted by Crippen LogP contribution is 2.64. The first-order valence-electron chi connectivity index (χ1n) is 7.06. The first-order chi connectivity index (χ1) is 10.8. The molecule has 2 aromatic rings. The molecule has 8 heteroatoms. The summed E-state index contributed by atoms with van der Waals surface area (Å²) in [6, 6.07) is 10.2. The van der Waals surface area contributed by atoms with Crippen molar-refractivity contribution in [3.05, 3.63) is 35.9 Å². The minimum Gasteiger partial charge on any atom is -0.300 e. The van der Waals surface area contributed by atoms with Crippen molar-refractivity contribution in [2.45, 2.75) is 34.2 Å². The fraction of sp³-hybridized carbons (Fsp3) is 0.400. The van der Waals surface area contributed by atoms with Gasteiger partial charge >= 0.3 is 0 Å². The molecule has 1 aliphatic carbocycles. The topological polar surface area (TPSA) is 54.9 Å². The number of hydrogen-bond donors (Lipinski definition) is 1.